The first-order valence-electron chi connectivity index (χ1n) is 7.37. The highest BCUT2D eigenvalue weighted by atomic mass is 15.2. The number of imidazole rings is 1. The minimum absolute atomic E-state index is 0.649. The zero-order valence-electron chi connectivity index (χ0n) is 11.3. The van der Waals surface area contributed by atoms with Crippen LogP contribution in [0.1, 0.15) is 44.3 Å². The molecule has 0 unspecified atom stereocenters. The highest BCUT2D eigenvalue weighted by Crippen LogP contribution is 2.39. The van der Waals surface area contributed by atoms with Gasteiger partial charge in [0.05, 0.1) is 6.54 Å². The lowest BCUT2D eigenvalue weighted by molar-refractivity contribution is -0.679. The van der Waals surface area contributed by atoms with Crippen LogP contribution < -0.4 is 9.88 Å². The van der Waals surface area contributed by atoms with Crippen LogP contribution in [0.4, 0.5) is 5.82 Å². The SMILES string of the molecule is CCNc1nc[n+](CC2CC2)c2nc(C3CC3)[nH]c12. The van der Waals surface area contributed by atoms with Gasteiger partial charge in [-0.15, -0.1) is 0 Å². The topological polar surface area (TPSA) is 57.5 Å². The van der Waals surface area contributed by atoms with Crippen LogP contribution in [0.25, 0.3) is 11.2 Å². The molecule has 0 amide bonds. The predicted molar refractivity (Wildman–Crippen MR) is 72.9 cm³/mol. The lowest BCUT2D eigenvalue weighted by Gasteiger charge is -2.02. The van der Waals surface area contributed by atoms with Gasteiger partial charge in [-0.3, -0.25) is 0 Å². The maximum atomic E-state index is 4.83. The van der Waals surface area contributed by atoms with Crippen molar-refractivity contribution in [3.63, 3.8) is 0 Å². The van der Waals surface area contributed by atoms with Gasteiger partial charge >= 0.3 is 0 Å². The van der Waals surface area contributed by atoms with Crippen molar-refractivity contribution in [2.45, 2.75) is 45.1 Å². The number of hydrogen-bond donors (Lipinski definition) is 2. The summed E-state index contributed by atoms with van der Waals surface area (Å²) in [4.78, 5) is 12.9. The molecule has 2 aromatic rings. The van der Waals surface area contributed by atoms with Crippen LogP contribution in [0.2, 0.25) is 0 Å². The monoisotopic (exact) mass is 258 g/mol. The number of hydrogen-bond acceptors (Lipinski definition) is 3. The molecule has 2 N–H and O–H groups in total. The summed E-state index contributed by atoms with van der Waals surface area (Å²) >= 11 is 0. The van der Waals surface area contributed by atoms with Crippen LogP contribution in [0.15, 0.2) is 6.33 Å². The Morgan fingerprint density at radius 2 is 2.21 bits per heavy atom. The second-order valence-corrected chi connectivity index (χ2v) is 5.81. The Hall–Kier alpha value is -1.65. The van der Waals surface area contributed by atoms with E-state index in [1.54, 1.807) is 0 Å². The summed E-state index contributed by atoms with van der Waals surface area (Å²) in [7, 11) is 0. The van der Waals surface area contributed by atoms with E-state index < -0.39 is 0 Å². The Kier molecular flexibility index (Phi) is 2.47. The lowest BCUT2D eigenvalue weighted by atomic mass is 10.4. The number of rotatable bonds is 5. The molecular weight excluding hydrogens is 238 g/mol. The molecule has 0 aliphatic heterocycles. The first-order valence-corrected chi connectivity index (χ1v) is 7.37. The van der Waals surface area contributed by atoms with Crippen molar-refractivity contribution < 1.29 is 4.57 Å². The molecule has 0 atom stereocenters. The average Bonchev–Trinajstić information content (AvgIpc) is 3.32. The van der Waals surface area contributed by atoms with E-state index in [0.717, 1.165) is 41.8 Å². The van der Waals surface area contributed by atoms with E-state index in [9.17, 15) is 0 Å². The Balaban J connectivity index is 1.80. The highest BCUT2D eigenvalue weighted by molar-refractivity contribution is 5.80. The van der Waals surface area contributed by atoms with E-state index >= 15 is 0 Å². The Morgan fingerprint density at radius 1 is 1.37 bits per heavy atom. The van der Waals surface area contributed by atoms with Crippen LogP contribution in [-0.2, 0) is 6.54 Å². The van der Waals surface area contributed by atoms with Gasteiger partial charge < -0.3 is 10.3 Å². The number of fused-ring (bicyclic) bond motifs is 1. The van der Waals surface area contributed by atoms with Crippen molar-refractivity contribution in [3.8, 4) is 0 Å². The summed E-state index contributed by atoms with van der Waals surface area (Å²) in [5, 5.41) is 3.32. The summed E-state index contributed by atoms with van der Waals surface area (Å²) in [5.74, 6) is 3.56. The van der Waals surface area contributed by atoms with Crippen molar-refractivity contribution in [1.82, 2.24) is 15.0 Å². The van der Waals surface area contributed by atoms with E-state index in [1.165, 1.54) is 25.7 Å². The number of anilines is 1. The van der Waals surface area contributed by atoms with Gasteiger partial charge in [-0.2, -0.15) is 0 Å². The number of aromatic amines is 1. The fourth-order valence-electron chi connectivity index (χ4n) is 2.57. The Bertz CT molecular complexity index is 610. The number of H-pyrrole nitrogens is 1. The normalized spacial score (nSPS) is 19.0. The van der Waals surface area contributed by atoms with Gasteiger partial charge in [0.15, 0.2) is 11.3 Å². The lowest BCUT2D eigenvalue weighted by Crippen LogP contribution is -2.36. The molecule has 2 aliphatic carbocycles. The summed E-state index contributed by atoms with van der Waals surface area (Å²) in [6, 6.07) is 0. The molecule has 2 saturated carbocycles. The molecule has 2 fully saturated rings. The van der Waals surface area contributed by atoms with Gasteiger partial charge in [-0.05, 0) is 38.5 Å². The van der Waals surface area contributed by atoms with E-state index in [2.05, 4.69) is 26.8 Å². The van der Waals surface area contributed by atoms with Gasteiger partial charge in [0, 0.05) is 12.5 Å². The van der Waals surface area contributed by atoms with E-state index in [0.29, 0.717) is 5.92 Å². The van der Waals surface area contributed by atoms with E-state index in [4.69, 9.17) is 4.98 Å². The summed E-state index contributed by atoms with van der Waals surface area (Å²) in [5.41, 5.74) is 2.15. The summed E-state index contributed by atoms with van der Waals surface area (Å²) in [6.45, 7) is 4.04. The second kappa shape index (κ2) is 4.18. The van der Waals surface area contributed by atoms with Gasteiger partial charge in [0.2, 0.25) is 12.1 Å². The van der Waals surface area contributed by atoms with Gasteiger partial charge in [-0.25, -0.2) is 4.57 Å². The molecule has 100 valence electrons. The zero-order chi connectivity index (χ0) is 12.8. The number of aromatic nitrogens is 4. The first kappa shape index (κ1) is 11.2. The molecule has 0 radical (unpaired) electrons. The van der Waals surface area contributed by atoms with Crippen molar-refractivity contribution in [2.24, 2.45) is 5.92 Å². The smallest absolute Gasteiger partial charge is 0.293 e. The molecule has 19 heavy (non-hydrogen) atoms. The molecule has 5 nitrogen and oxygen atoms in total. The molecule has 4 rings (SSSR count). The van der Waals surface area contributed by atoms with Crippen LogP contribution in [-0.4, -0.2) is 21.5 Å². The van der Waals surface area contributed by atoms with Gasteiger partial charge in [0.1, 0.15) is 0 Å². The van der Waals surface area contributed by atoms with Crippen LogP contribution in [0.5, 0.6) is 0 Å². The minimum atomic E-state index is 0.649. The third-order valence-corrected chi connectivity index (χ3v) is 4.00. The third-order valence-electron chi connectivity index (χ3n) is 4.00. The van der Waals surface area contributed by atoms with Crippen molar-refractivity contribution >= 4 is 17.0 Å². The molecule has 0 bridgehead atoms. The highest BCUT2D eigenvalue weighted by Gasteiger charge is 2.32. The van der Waals surface area contributed by atoms with Crippen molar-refractivity contribution in [2.75, 3.05) is 11.9 Å². The van der Waals surface area contributed by atoms with Crippen LogP contribution in [0, 0.1) is 5.92 Å². The maximum Gasteiger partial charge on any atom is 0.293 e. The quantitative estimate of drug-likeness (QED) is 0.806. The molecule has 0 aromatic carbocycles. The molecule has 2 aromatic heterocycles. The predicted octanol–water partition coefficient (Wildman–Crippen LogP) is 1.96. The van der Waals surface area contributed by atoms with Crippen molar-refractivity contribution in [1.29, 1.82) is 0 Å². The standard InChI is InChI=1S/C14H19N5/c1-2-15-13-11-14(18-12(17-11)10-5-6-10)19(8-16-13)7-9-3-4-9/h8-10H,2-7H2,1H3,(H,15,17,18)/p+1. The van der Waals surface area contributed by atoms with Crippen LogP contribution >= 0.6 is 0 Å². The first-order chi connectivity index (χ1) is 9.35. The van der Waals surface area contributed by atoms with Crippen LogP contribution in [0.3, 0.4) is 0 Å². The minimum Gasteiger partial charge on any atom is -0.355 e. The second-order valence-electron chi connectivity index (χ2n) is 5.81. The third kappa shape index (κ3) is 2.07. The molecule has 0 spiro atoms. The fourth-order valence-corrected chi connectivity index (χ4v) is 2.57. The Labute approximate surface area is 112 Å². The van der Waals surface area contributed by atoms with E-state index in [-0.39, 0.29) is 0 Å². The summed E-state index contributed by atoms with van der Waals surface area (Å²) in [6.07, 6.45) is 7.18. The van der Waals surface area contributed by atoms with Crippen molar-refractivity contribution in [3.05, 3.63) is 12.2 Å². The molecule has 2 heterocycles. The van der Waals surface area contributed by atoms with Gasteiger partial charge in [0.25, 0.3) is 5.65 Å². The maximum absolute atomic E-state index is 4.83. The molecule has 2 aliphatic rings. The average molecular weight is 258 g/mol. The number of nitrogens with zero attached hydrogens (tertiary/aromatic N) is 3. The molecule has 5 heteroatoms. The Morgan fingerprint density at radius 3 is 2.89 bits per heavy atom. The molecule has 0 saturated heterocycles. The van der Waals surface area contributed by atoms with Gasteiger partial charge in [-0.1, -0.05) is 9.97 Å². The zero-order valence-corrected chi connectivity index (χ0v) is 11.3. The summed E-state index contributed by atoms with van der Waals surface area (Å²) < 4.78 is 2.22. The number of nitrogens with one attached hydrogen (secondary N) is 2. The van der Waals surface area contributed by atoms with E-state index in [1.807, 2.05) is 6.33 Å². The largest absolute Gasteiger partial charge is 0.355 e. The molecular formula is C14H20N5+. The fraction of sp³-hybridized carbons (Fsp3) is 0.643.